The third-order valence-electron chi connectivity index (χ3n) is 6.56. The number of allylic oxidation sites excluding steroid dienone is 2. The second-order valence-electron chi connectivity index (χ2n) is 9.37. The van der Waals surface area contributed by atoms with Gasteiger partial charge in [-0.3, -0.25) is 14.8 Å². The zero-order valence-corrected chi connectivity index (χ0v) is 20.7. The molecule has 2 aliphatic rings. The van der Waals surface area contributed by atoms with Gasteiger partial charge in [-0.1, -0.05) is 30.4 Å². The van der Waals surface area contributed by atoms with Crippen molar-refractivity contribution < 1.29 is 18.1 Å². The number of benzene rings is 3. The number of hydrogen-bond acceptors (Lipinski definition) is 6. The summed E-state index contributed by atoms with van der Waals surface area (Å²) < 4.78 is 34.5. The number of hydrogen-bond donors (Lipinski definition) is 2. The largest absolute Gasteiger partial charge is 0.491 e. The number of nitro groups is 1. The fraction of sp³-hybridized carbons (Fsp3) is 0.259. The number of ether oxygens (including phenoxy) is 1. The molecule has 5 rings (SSSR count). The molecular formula is C27H27N3O5S. The second-order valence-corrected chi connectivity index (χ2v) is 11.1. The van der Waals surface area contributed by atoms with Crippen LogP contribution in [0.4, 0.5) is 17.1 Å². The molecular weight excluding hydrogens is 478 g/mol. The van der Waals surface area contributed by atoms with Crippen LogP contribution >= 0.6 is 0 Å². The van der Waals surface area contributed by atoms with Crippen molar-refractivity contribution in [2.75, 3.05) is 10.0 Å². The standard InChI is InChI=1S/C27H27N3O5S/c1-17(2)35-21-11-9-18(10-12-21)27-24-8-4-7-23(24)25-16-22(13-14-26(25)28-27)36(33,34)29-19-5-3-6-20(15-19)30(31)32/h3-7,9-17,23-24,27-29H,8H2,1-2H3/t23-,24+,27+/m0/s1. The van der Waals surface area contributed by atoms with E-state index in [1.165, 1.54) is 24.3 Å². The first kappa shape index (κ1) is 23.9. The van der Waals surface area contributed by atoms with E-state index in [1.807, 2.05) is 26.0 Å². The van der Waals surface area contributed by atoms with Crippen LogP contribution in [0.1, 0.15) is 43.4 Å². The third kappa shape index (κ3) is 4.66. The van der Waals surface area contributed by atoms with E-state index in [4.69, 9.17) is 4.74 Å². The Morgan fingerprint density at radius 3 is 2.58 bits per heavy atom. The van der Waals surface area contributed by atoms with E-state index in [-0.39, 0.29) is 40.3 Å². The summed E-state index contributed by atoms with van der Waals surface area (Å²) in [5, 5.41) is 14.7. The fourth-order valence-electron chi connectivity index (χ4n) is 4.99. The topological polar surface area (TPSA) is 111 Å². The highest BCUT2D eigenvalue weighted by Gasteiger charge is 2.38. The molecule has 0 unspecified atom stereocenters. The predicted molar refractivity (Wildman–Crippen MR) is 139 cm³/mol. The molecule has 0 aromatic heterocycles. The first-order valence-electron chi connectivity index (χ1n) is 11.8. The van der Waals surface area contributed by atoms with E-state index >= 15 is 0 Å². The Labute approximate surface area is 210 Å². The normalized spacial score (nSPS) is 20.4. The number of nitrogens with one attached hydrogen (secondary N) is 2. The van der Waals surface area contributed by atoms with Crippen LogP contribution in [0.15, 0.2) is 83.8 Å². The van der Waals surface area contributed by atoms with Gasteiger partial charge < -0.3 is 10.1 Å². The fourth-order valence-corrected chi connectivity index (χ4v) is 6.08. The van der Waals surface area contributed by atoms with Gasteiger partial charge in [0, 0.05) is 23.7 Å². The van der Waals surface area contributed by atoms with Gasteiger partial charge >= 0.3 is 0 Å². The lowest BCUT2D eigenvalue weighted by Crippen LogP contribution is -2.29. The molecule has 0 amide bonds. The van der Waals surface area contributed by atoms with Gasteiger partial charge in [-0.05, 0) is 73.7 Å². The van der Waals surface area contributed by atoms with E-state index in [0.29, 0.717) is 0 Å². The first-order chi connectivity index (χ1) is 17.2. The summed E-state index contributed by atoms with van der Waals surface area (Å²) in [5.74, 6) is 1.15. The number of fused-ring (bicyclic) bond motifs is 3. The van der Waals surface area contributed by atoms with E-state index in [9.17, 15) is 18.5 Å². The zero-order valence-electron chi connectivity index (χ0n) is 19.9. The first-order valence-corrected chi connectivity index (χ1v) is 13.3. The molecule has 0 saturated carbocycles. The smallest absolute Gasteiger partial charge is 0.271 e. The van der Waals surface area contributed by atoms with E-state index < -0.39 is 14.9 Å². The van der Waals surface area contributed by atoms with E-state index in [1.54, 1.807) is 18.2 Å². The van der Waals surface area contributed by atoms with Crippen LogP contribution < -0.4 is 14.8 Å². The minimum atomic E-state index is -3.94. The zero-order chi connectivity index (χ0) is 25.4. The minimum absolute atomic E-state index is 0.0748. The minimum Gasteiger partial charge on any atom is -0.491 e. The lowest BCUT2D eigenvalue weighted by Gasteiger charge is -2.37. The van der Waals surface area contributed by atoms with Gasteiger partial charge in [0.15, 0.2) is 0 Å². The van der Waals surface area contributed by atoms with Crippen LogP contribution in [0.2, 0.25) is 0 Å². The molecule has 36 heavy (non-hydrogen) atoms. The maximum absolute atomic E-state index is 13.1. The molecule has 8 nitrogen and oxygen atoms in total. The molecule has 1 heterocycles. The van der Waals surface area contributed by atoms with Gasteiger partial charge in [-0.2, -0.15) is 0 Å². The molecule has 1 aliphatic carbocycles. The molecule has 9 heteroatoms. The van der Waals surface area contributed by atoms with Crippen LogP contribution in [0.25, 0.3) is 0 Å². The summed E-state index contributed by atoms with van der Waals surface area (Å²) in [5.41, 5.74) is 2.93. The number of rotatable bonds is 7. The summed E-state index contributed by atoms with van der Waals surface area (Å²) in [6.45, 7) is 3.99. The second kappa shape index (κ2) is 9.31. The van der Waals surface area contributed by atoms with Crippen molar-refractivity contribution in [3.8, 4) is 5.75 Å². The van der Waals surface area contributed by atoms with Gasteiger partial charge in [-0.25, -0.2) is 8.42 Å². The number of sulfonamides is 1. The Morgan fingerprint density at radius 1 is 1.08 bits per heavy atom. The number of nitro benzene ring substituents is 1. The Kier molecular flexibility index (Phi) is 6.17. The Bertz CT molecular complexity index is 1430. The van der Waals surface area contributed by atoms with Gasteiger partial charge in [0.25, 0.3) is 15.7 Å². The highest BCUT2D eigenvalue weighted by Crippen LogP contribution is 2.50. The lowest BCUT2D eigenvalue weighted by atomic mass is 9.77. The molecule has 3 atom stereocenters. The average molecular weight is 506 g/mol. The van der Waals surface area contributed by atoms with Crippen LogP contribution in [-0.2, 0) is 10.0 Å². The Morgan fingerprint density at radius 2 is 1.86 bits per heavy atom. The average Bonchev–Trinajstić information content (AvgIpc) is 3.34. The Hall–Kier alpha value is -3.85. The maximum Gasteiger partial charge on any atom is 0.271 e. The summed E-state index contributed by atoms with van der Waals surface area (Å²) in [6, 6.07) is 18.7. The highest BCUT2D eigenvalue weighted by molar-refractivity contribution is 7.92. The van der Waals surface area contributed by atoms with Crippen molar-refractivity contribution in [1.82, 2.24) is 0 Å². The van der Waals surface area contributed by atoms with Crippen LogP contribution in [0.3, 0.4) is 0 Å². The number of non-ortho nitro benzene ring substituents is 1. The molecule has 0 radical (unpaired) electrons. The van der Waals surface area contributed by atoms with Crippen molar-refractivity contribution in [1.29, 1.82) is 0 Å². The summed E-state index contributed by atoms with van der Waals surface area (Å²) >= 11 is 0. The van der Waals surface area contributed by atoms with Crippen molar-refractivity contribution in [2.24, 2.45) is 5.92 Å². The Balaban J connectivity index is 1.42. The van der Waals surface area contributed by atoms with E-state index in [0.717, 1.165) is 29.0 Å². The number of anilines is 2. The molecule has 2 N–H and O–H groups in total. The van der Waals surface area contributed by atoms with Gasteiger partial charge in [0.2, 0.25) is 0 Å². The summed E-state index contributed by atoms with van der Waals surface area (Å²) in [7, 11) is -3.94. The van der Waals surface area contributed by atoms with Crippen LogP contribution in [0, 0.1) is 16.0 Å². The SMILES string of the molecule is CC(C)Oc1ccc([C@H]2Nc3ccc(S(=O)(=O)Nc4cccc([N+](=O)[O-])c4)cc3[C@H]3C=CC[C@H]32)cc1. The third-order valence-corrected chi connectivity index (χ3v) is 7.94. The van der Waals surface area contributed by atoms with Gasteiger partial charge in [0.05, 0.1) is 27.7 Å². The van der Waals surface area contributed by atoms with Gasteiger partial charge in [0.1, 0.15) is 5.75 Å². The maximum atomic E-state index is 13.1. The van der Waals surface area contributed by atoms with Crippen molar-refractivity contribution in [2.45, 2.75) is 43.2 Å². The molecule has 186 valence electrons. The lowest BCUT2D eigenvalue weighted by molar-refractivity contribution is -0.384. The molecule has 0 saturated heterocycles. The quantitative estimate of drug-likeness (QED) is 0.231. The van der Waals surface area contributed by atoms with Crippen LogP contribution in [0.5, 0.6) is 5.75 Å². The highest BCUT2D eigenvalue weighted by atomic mass is 32.2. The monoisotopic (exact) mass is 505 g/mol. The van der Waals surface area contributed by atoms with Crippen molar-refractivity contribution >= 4 is 27.1 Å². The van der Waals surface area contributed by atoms with E-state index in [2.05, 4.69) is 34.3 Å². The van der Waals surface area contributed by atoms with Crippen LogP contribution in [-0.4, -0.2) is 19.4 Å². The molecule has 3 aromatic rings. The molecule has 0 fully saturated rings. The molecule has 0 spiro atoms. The predicted octanol–water partition coefficient (Wildman–Crippen LogP) is 6.01. The molecule has 1 aliphatic heterocycles. The number of nitrogens with zero attached hydrogens (tertiary/aromatic N) is 1. The summed E-state index contributed by atoms with van der Waals surface area (Å²) in [6.07, 6.45) is 5.29. The molecule has 3 aromatic carbocycles. The van der Waals surface area contributed by atoms with Crippen molar-refractivity contribution in [3.63, 3.8) is 0 Å². The summed E-state index contributed by atoms with van der Waals surface area (Å²) in [4.78, 5) is 10.6. The van der Waals surface area contributed by atoms with Crippen molar-refractivity contribution in [3.05, 3.63) is 100 Å². The van der Waals surface area contributed by atoms with Gasteiger partial charge in [-0.15, -0.1) is 0 Å². The molecule has 0 bridgehead atoms.